The second-order valence-electron chi connectivity index (χ2n) is 8.45. The molecule has 1 aliphatic rings. The molecule has 3 aromatic carbocycles. The molecule has 0 saturated carbocycles. The van der Waals surface area contributed by atoms with Gasteiger partial charge >= 0.3 is 5.97 Å². The molecule has 0 N–H and O–H groups in total. The van der Waals surface area contributed by atoms with Crippen LogP contribution in [-0.4, -0.2) is 25.3 Å². The highest BCUT2D eigenvalue weighted by molar-refractivity contribution is 7.89. The molecule has 0 aliphatic carbocycles. The van der Waals surface area contributed by atoms with Crippen molar-refractivity contribution in [3.05, 3.63) is 113 Å². The molecular formula is C28H29NO4S. The predicted octanol–water partition coefficient (Wildman–Crippen LogP) is 5.67. The van der Waals surface area contributed by atoms with Crippen molar-refractivity contribution < 1.29 is 17.9 Å². The summed E-state index contributed by atoms with van der Waals surface area (Å²) in [5.74, 6) is -0.494. The zero-order chi connectivity index (χ0) is 24.3. The van der Waals surface area contributed by atoms with Crippen molar-refractivity contribution in [2.75, 3.05) is 6.61 Å². The normalized spacial score (nSPS) is 18.9. The maximum Gasteiger partial charge on any atom is 0.335 e. The number of carbonyl (C=O) groups is 1. The van der Waals surface area contributed by atoms with Crippen molar-refractivity contribution in [3.63, 3.8) is 0 Å². The van der Waals surface area contributed by atoms with Crippen LogP contribution in [0.5, 0.6) is 0 Å². The molecule has 34 heavy (non-hydrogen) atoms. The number of aryl methyl sites for hydroxylation is 2. The van der Waals surface area contributed by atoms with Gasteiger partial charge in [0.15, 0.2) is 0 Å². The third-order valence-corrected chi connectivity index (χ3v) is 8.08. The third-order valence-electron chi connectivity index (χ3n) is 6.19. The SMILES string of the molecule is CCOC(=O)C1=CC[C@@H](c2ccccc2)N(S(=O)(=O)c2ccc(C)cc2)[C@H]1c1ccccc1C. The van der Waals surface area contributed by atoms with Crippen molar-refractivity contribution in [2.45, 2.75) is 44.2 Å². The molecule has 176 valence electrons. The molecule has 0 radical (unpaired) electrons. The highest BCUT2D eigenvalue weighted by Crippen LogP contribution is 2.46. The van der Waals surface area contributed by atoms with Crippen LogP contribution in [0.4, 0.5) is 0 Å². The van der Waals surface area contributed by atoms with Crippen LogP contribution in [0.15, 0.2) is 95.4 Å². The molecule has 0 fully saturated rings. The van der Waals surface area contributed by atoms with Crippen LogP contribution in [0.25, 0.3) is 0 Å². The topological polar surface area (TPSA) is 63.7 Å². The molecule has 0 spiro atoms. The van der Waals surface area contributed by atoms with Gasteiger partial charge in [0.05, 0.1) is 29.2 Å². The standard InChI is InChI=1S/C28H29NO4S/c1-4-33-28(30)25-18-19-26(22-11-6-5-7-12-22)29(27(25)24-13-9-8-10-21(24)3)34(31,32)23-16-14-20(2)15-17-23/h5-18,26-27H,4,19H2,1-3H3/t26-,27-/m0/s1. The second-order valence-corrected chi connectivity index (χ2v) is 10.3. The van der Waals surface area contributed by atoms with Gasteiger partial charge in [-0.25, -0.2) is 13.2 Å². The summed E-state index contributed by atoms with van der Waals surface area (Å²) < 4.78 is 35.4. The van der Waals surface area contributed by atoms with Crippen LogP contribution in [0.3, 0.4) is 0 Å². The third kappa shape index (κ3) is 4.56. The van der Waals surface area contributed by atoms with E-state index in [-0.39, 0.29) is 11.5 Å². The van der Waals surface area contributed by atoms with E-state index in [1.165, 1.54) is 4.31 Å². The van der Waals surface area contributed by atoms with Gasteiger partial charge in [-0.3, -0.25) is 0 Å². The highest BCUT2D eigenvalue weighted by atomic mass is 32.2. The fraction of sp³-hybridized carbons (Fsp3) is 0.250. The van der Waals surface area contributed by atoms with Gasteiger partial charge in [-0.15, -0.1) is 0 Å². The average Bonchev–Trinajstić information content (AvgIpc) is 2.84. The van der Waals surface area contributed by atoms with Crippen LogP contribution < -0.4 is 0 Å². The quantitative estimate of drug-likeness (QED) is 0.431. The molecule has 0 aromatic heterocycles. The lowest BCUT2D eigenvalue weighted by Crippen LogP contribution is -2.43. The second kappa shape index (κ2) is 9.95. The summed E-state index contributed by atoms with van der Waals surface area (Å²) in [5.41, 5.74) is 3.85. The van der Waals surface area contributed by atoms with Crippen LogP contribution in [0.1, 0.15) is 47.7 Å². The van der Waals surface area contributed by atoms with Crippen molar-refractivity contribution in [1.29, 1.82) is 0 Å². The van der Waals surface area contributed by atoms with Crippen molar-refractivity contribution in [3.8, 4) is 0 Å². The molecular weight excluding hydrogens is 446 g/mol. The number of rotatable bonds is 6. The molecule has 1 heterocycles. The number of hydrogen-bond acceptors (Lipinski definition) is 4. The van der Waals surface area contributed by atoms with E-state index in [2.05, 4.69) is 0 Å². The number of esters is 1. The predicted molar refractivity (Wildman–Crippen MR) is 133 cm³/mol. The van der Waals surface area contributed by atoms with Gasteiger partial charge in [0.2, 0.25) is 10.0 Å². The van der Waals surface area contributed by atoms with Crippen LogP contribution in [0, 0.1) is 13.8 Å². The molecule has 5 nitrogen and oxygen atoms in total. The highest BCUT2D eigenvalue weighted by Gasteiger charge is 2.45. The summed E-state index contributed by atoms with van der Waals surface area (Å²) in [4.78, 5) is 13.3. The molecule has 4 rings (SSSR count). The van der Waals surface area contributed by atoms with E-state index in [1.807, 2.05) is 74.5 Å². The lowest BCUT2D eigenvalue weighted by Gasteiger charge is -2.41. The Kier molecular flexibility index (Phi) is 7.00. The van der Waals surface area contributed by atoms with E-state index in [4.69, 9.17) is 4.74 Å². The molecule has 3 aromatic rings. The lowest BCUT2D eigenvalue weighted by atomic mass is 9.87. The zero-order valence-corrected chi connectivity index (χ0v) is 20.5. The van der Waals surface area contributed by atoms with Crippen molar-refractivity contribution >= 4 is 16.0 Å². The monoisotopic (exact) mass is 475 g/mol. The Balaban J connectivity index is 1.98. The van der Waals surface area contributed by atoms with E-state index in [9.17, 15) is 13.2 Å². The Labute approximate surface area is 201 Å². The molecule has 6 heteroatoms. The summed E-state index contributed by atoms with van der Waals surface area (Å²) >= 11 is 0. The number of hydrogen-bond donors (Lipinski definition) is 0. The summed E-state index contributed by atoms with van der Waals surface area (Å²) in [5, 5.41) is 0. The van der Waals surface area contributed by atoms with E-state index >= 15 is 0 Å². The Bertz CT molecular complexity index is 1300. The molecule has 0 bridgehead atoms. The van der Waals surface area contributed by atoms with Crippen molar-refractivity contribution in [1.82, 2.24) is 4.31 Å². The summed E-state index contributed by atoms with van der Waals surface area (Å²) in [6.45, 7) is 5.81. The Hall–Kier alpha value is -3.22. The van der Waals surface area contributed by atoms with Gasteiger partial charge in [-0.05, 0) is 56.0 Å². The van der Waals surface area contributed by atoms with E-state index in [1.54, 1.807) is 31.2 Å². The molecule has 2 atom stereocenters. The smallest absolute Gasteiger partial charge is 0.335 e. The minimum atomic E-state index is -3.99. The minimum Gasteiger partial charge on any atom is -0.463 e. The van der Waals surface area contributed by atoms with Gasteiger partial charge in [0.25, 0.3) is 0 Å². The summed E-state index contributed by atoms with van der Waals surface area (Å²) in [7, 11) is -3.99. The lowest BCUT2D eigenvalue weighted by molar-refractivity contribution is -0.139. The summed E-state index contributed by atoms with van der Waals surface area (Å²) in [6, 6.07) is 22.7. The number of nitrogens with zero attached hydrogens (tertiary/aromatic N) is 1. The number of ether oxygens (including phenoxy) is 1. The first-order valence-electron chi connectivity index (χ1n) is 11.4. The number of benzene rings is 3. The Morgan fingerprint density at radius 2 is 1.59 bits per heavy atom. The maximum atomic E-state index is 14.2. The van der Waals surface area contributed by atoms with Gasteiger partial charge in [0, 0.05) is 0 Å². The van der Waals surface area contributed by atoms with Gasteiger partial charge in [0.1, 0.15) is 0 Å². The molecule has 0 unspecified atom stereocenters. The first kappa shape index (κ1) is 23.9. The fourth-order valence-electron chi connectivity index (χ4n) is 4.48. The van der Waals surface area contributed by atoms with Crippen molar-refractivity contribution in [2.24, 2.45) is 0 Å². The van der Waals surface area contributed by atoms with E-state index < -0.39 is 28.1 Å². The Morgan fingerprint density at radius 3 is 2.24 bits per heavy atom. The average molecular weight is 476 g/mol. The molecule has 0 amide bonds. The van der Waals surface area contributed by atoms with Gasteiger partial charge in [-0.1, -0.05) is 78.4 Å². The van der Waals surface area contributed by atoms with Crippen LogP contribution in [0.2, 0.25) is 0 Å². The fourth-order valence-corrected chi connectivity index (χ4v) is 6.25. The first-order chi connectivity index (χ1) is 16.3. The van der Waals surface area contributed by atoms with Gasteiger partial charge < -0.3 is 4.74 Å². The molecule has 1 aliphatic heterocycles. The van der Waals surface area contributed by atoms with Crippen LogP contribution in [-0.2, 0) is 19.6 Å². The Morgan fingerprint density at radius 1 is 0.941 bits per heavy atom. The molecule has 0 saturated heterocycles. The van der Waals surface area contributed by atoms with Gasteiger partial charge in [-0.2, -0.15) is 4.31 Å². The number of sulfonamides is 1. The maximum absolute atomic E-state index is 14.2. The minimum absolute atomic E-state index is 0.197. The first-order valence-corrected chi connectivity index (χ1v) is 12.9. The summed E-state index contributed by atoms with van der Waals surface area (Å²) in [6.07, 6.45) is 2.21. The van der Waals surface area contributed by atoms with E-state index in [0.29, 0.717) is 12.0 Å². The zero-order valence-electron chi connectivity index (χ0n) is 19.6. The largest absolute Gasteiger partial charge is 0.463 e. The van der Waals surface area contributed by atoms with E-state index in [0.717, 1.165) is 22.3 Å². The van der Waals surface area contributed by atoms with Crippen LogP contribution >= 0.6 is 0 Å². The number of carbonyl (C=O) groups excluding carboxylic acids is 1.